The molecule has 3 atom stereocenters. The molecule has 0 bridgehead atoms. The van der Waals surface area contributed by atoms with E-state index in [0.29, 0.717) is 6.61 Å². The highest BCUT2D eigenvalue weighted by atomic mass is 28.4. The Balaban J connectivity index is 2.28. The van der Waals surface area contributed by atoms with Crippen molar-refractivity contribution in [3.8, 4) is 0 Å². The minimum atomic E-state index is -2.63. The normalized spacial score (nSPS) is 15.3. The predicted molar refractivity (Wildman–Crippen MR) is 134 cm³/mol. The number of benzene rings is 2. The number of carbonyl (C=O) groups is 1. The second-order valence-corrected chi connectivity index (χ2v) is 13.8. The molecule has 0 aliphatic carbocycles. The number of esters is 1. The van der Waals surface area contributed by atoms with Gasteiger partial charge in [0, 0.05) is 18.4 Å². The third-order valence-electron chi connectivity index (χ3n) is 6.05. The third-order valence-corrected chi connectivity index (χ3v) is 11.1. The van der Waals surface area contributed by atoms with E-state index in [9.17, 15) is 9.90 Å². The zero-order valence-corrected chi connectivity index (χ0v) is 21.2. The second-order valence-electron chi connectivity index (χ2n) is 9.51. The van der Waals surface area contributed by atoms with E-state index in [1.807, 2.05) is 32.1 Å². The molecule has 0 unspecified atom stereocenters. The van der Waals surface area contributed by atoms with Crippen LogP contribution in [0.3, 0.4) is 0 Å². The summed E-state index contributed by atoms with van der Waals surface area (Å²) in [5.41, 5.74) is 0. The molecule has 32 heavy (non-hydrogen) atoms. The molecule has 5 heteroatoms. The van der Waals surface area contributed by atoms with Crippen LogP contribution >= 0.6 is 0 Å². The molecule has 2 rings (SSSR count). The van der Waals surface area contributed by atoms with Crippen LogP contribution in [-0.4, -0.2) is 39.2 Å². The number of ether oxygens (including phenoxy) is 1. The van der Waals surface area contributed by atoms with Gasteiger partial charge in [-0.25, -0.2) is 0 Å². The Bertz CT molecular complexity index is 819. The van der Waals surface area contributed by atoms with Crippen LogP contribution in [0, 0.1) is 11.8 Å². The van der Waals surface area contributed by atoms with Crippen LogP contribution in [0.1, 0.15) is 41.0 Å². The number of methoxy groups -OCH3 is 1. The van der Waals surface area contributed by atoms with E-state index in [1.54, 1.807) is 6.08 Å². The zero-order chi connectivity index (χ0) is 23.8. The van der Waals surface area contributed by atoms with Crippen LogP contribution in [0.5, 0.6) is 0 Å². The van der Waals surface area contributed by atoms with Gasteiger partial charge in [0.05, 0.1) is 19.6 Å². The van der Waals surface area contributed by atoms with Crippen LogP contribution < -0.4 is 10.4 Å². The molecular formula is C27H38O4Si. The fourth-order valence-electron chi connectivity index (χ4n) is 4.21. The molecule has 0 spiro atoms. The van der Waals surface area contributed by atoms with Crippen molar-refractivity contribution in [2.45, 2.75) is 52.2 Å². The van der Waals surface area contributed by atoms with E-state index >= 15 is 0 Å². The number of hydrogen-bond acceptors (Lipinski definition) is 4. The van der Waals surface area contributed by atoms with Gasteiger partial charge in [-0.05, 0) is 15.4 Å². The molecule has 0 fully saturated rings. The number of hydrogen-bond donors (Lipinski definition) is 1. The minimum Gasteiger partial charge on any atom is -0.469 e. The Morgan fingerprint density at radius 1 is 1.00 bits per heavy atom. The van der Waals surface area contributed by atoms with Crippen molar-refractivity contribution in [3.63, 3.8) is 0 Å². The summed E-state index contributed by atoms with van der Waals surface area (Å²) in [6.07, 6.45) is 3.26. The maximum atomic E-state index is 11.3. The molecule has 0 radical (unpaired) electrons. The second kappa shape index (κ2) is 11.6. The fraction of sp³-hybridized carbons (Fsp3) is 0.444. The largest absolute Gasteiger partial charge is 0.469 e. The van der Waals surface area contributed by atoms with Crippen LogP contribution in [-0.2, 0) is 14.0 Å². The monoisotopic (exact) mass is 454 g/mol. The third kappa shape index (κ3) is 6.18. The topological polar surface area (TPSA) is 55.8 Å². The SMILES string of the molecule is COC(=O)C/C=C/[C@H](C)[C@@H](O)[C@H](C)CO[Si](c1ccccc1)(c1ccccc1)C(C)(C)C. The van der Waals surface area contributed by atoms with Crippen molar-refractivity contribution in [2.24, 2.45) is 11.8 Å². The van der Waals surface area contributed by atoms with Crippen LogP contribution in [0.4, 0.5) is 0 Å². The molecule has 0 saturated heterocycles. The van der Waals surface area contributed by atoms with Gasteiger partial charge in [-0.1, -0.05) is 107 Å². The van der Waals surface area contributed by atoms with Crippen molar-refractivity contribution in [1.29, 1.82) is 0 Å². The number of rotatable bonds is 10. The van der Waals surface area contributed by atoms with E-state index in [2.05, 4.69) is 74.0 Å². The lowest BCUT2D eigenvalue weighted by atomic mass is 9.93. The van der Waals surface area contributed by atoms with Gasteiger partial charge in [-0.15, -0.1) is 0 Å². The van der Waals surface area contributed by atoms with Crippen molar-refractivity contribution in [3.05, 3.63) is 72.8 Å². The molecule has 2 aromatic carbocycles. The molecule has 0 heterocycles. The summed E-state index contributed by atoms with van der Waals surface area (Å²) in [6, 6.07) is 21.0. The zero-order valence-electron chi connectivity index (χ0n) is 20.2. The Hall–Kier alpha value is -2.21. The predicted octanol–water partition coefficient (Wildman–Crippen LogP) is 4.32. The molecule has 4 nitrogen and oxygen atoms in total. The lowest BCUT2D eigenvalue weighted by molar-refractivity contribution is -0.139. The minimum absolute atomic E-state index is 0.0746. The van der Waals surface area contributed by atoms with Crippen molar-refractivity contribution in [1.82, 2.24) is 0 Å². The van der Waals surface area contributed by atoms with Gasteiger partial charge >= 0.3 is 5.97 Å². The number of aliphatic hydroxyl groups excluding tert-OH is 1. The lowest BCUT2D eigenvalue weighted by Gasteiger charge is -2.44. The van der Waals surface area contributed by atoms with E-state index in [0.717, 1.165) is 0 Å². The van der Waals surface area contributed by atoms with Gasteiger partial charge in [-0.2, -0.15) is 0 Å². The molecule has 0 aromatic heterocycles. The number of aliphatic hydroxyl groups is 1. The summed E-state index contributed by atoms with van der Waals surface area (Å²) < 4.78 is 11.6. The van der Waals surface area contributed by atoms with Crippen molar-refractivity contribution >= 4 is 24.7 Å². The molecule has 0 amide bonds. The first-order chi connectivity index (χ1) is 15.1. The van der Waals surface area contributed by atoms with E-state index in [-0.39, 0.29) is 29.3 Å². The molecule has 2 aromatic rings. The Kier molecular flexibility index (Phi) is 9.43. The summed E-state index contributed by atoms with van der Waals surface area (Å²) in [7, 11) is -1.25. The summed E-state index contributed by atoms with van der Waals surface area (Å²) in [5.74, 6) is -0.460. The molecule has 0 aliphatic rings. The standard InChI is InChI=1S/C27H38O4Si/c1-21(14-13-19-25(28)30-6)26(29)22(2)20-31-32(27(3,4)5,23-15-9-7-10-16-23)24-17-11-8-12-18-24/h7-18,21-22,26,29H,19-20H2,1-6H3/b14-13+/t21-,22+,26+/m0/s1. The van der Waals surface area contributed by atoms with Crippen LogP contribution in [0.15, 0.2) is 72.8 Å². The van der Waals surface area contributed by atoms with Crippen LogP contribution in [0.2, 0.25) is 5.04 Å². The maximum absolute atomic E-state index is 11.3. The Labute approximate surface area is 194 Å². The highest BCUT2D eigenvalue weighted by molar-refractivity contribution is 6.99. The van der Waals surface area contributed by atoms with E-state index in [4.69, 9.17) is 4.43 Å². The molecule has 1 N–H and O–H groups in total. The highest BCUT2D eigenvalue weighted by Gasteiger charge is 2.50. The summed E-state index contributed by atoms with van der Waals surface area (Å²) in [5, 5.41) is 13.3. The van der Waals surface area contributed by atoms with Gasteiger partial charge in [0.1, 0.15) is 0 Å². The Morgan fingerprint density at radius 3 is 1.94 bits per heavy atom. The lowest BCUT2D eigenvalue weighted by Crippen LogP contribution is -2.67. The van der Waals surface area contributed by atoms with Crippen molar-refractivity contribution < 1.29 is 19.1 Å². The summed E-state index contributed by atoms with van der Waals surface area (Å²) >= 11 is 0. The average Bonchev–Trinajstić information content (AvgIpc) is 2.79. The quantitative estimate of drug-likeness (QED) is 0.330. The van der Waals surface area contributed by atoms with E-state index < -0.39 is 14.4 Å². The number of carbonyl (C=O) groups excluding carboxylic acids is 1. The summed E-state index contributed by atoms with van der Waals surface area (Å²) in [6.45, 7) is 11.2. The fourth-order valence-corrected chi connectivity index (χ4v) is 8.88. The molecule has 174 valence electrons. The van der Waals surface area contributed by atoms with Gasteiger partial charge < -0.3 is 14.3 Å². The molecule has 0 saturated carbocycles. The van der Waals surface area contributed by atoms with Crippen molar-refractivity contribution in [2.75, 3.05) is 13.7 Å². The highest BCUT2D eigenvalue weighted by Crippen LogP contribution is 2.37. The molecule has 0 aliphatic heterocycles. The Morgan fingerprint density at radius 2 is 1.50 bits per heavy atom. The van der Waals surface area contributed by atoms with Gasteiger partial charge in [0.2, 0.25) is 0 Å². The maximum Gasteiger partial charge on any atom is 0.309 e. The van der Waals surface area contributed by atoms with Gasteiger partial charge in [0.25, 0.3) is 8.32 Å². The smallest absolute Gasteiger partial charge is 0.309 e. The van der Waals surface area contributed by atoms with Gasteiger partial charge in [-0.3, -0.25) is 4.79 Å². The summed E-state index contributed by atoms with van der Waals surface area (Å²) in [4.78, 5) is 11.3. The average molecular weight is 455 g/mol. The van der Waals surface area contributed by atoms with E-state index in [1.165, 1.54) is 17.5 Å². The first-order valence-electron chi connectivity index (χ1n) is 11.3. The first kappa shape index (κ1) is 26.0. The van der Waals surface area contributed by atoms with Gasteiger partial charge in [0.15, 0.2) is 0 Å². The molecular weight excluding hydrogens is 416 g/mol. The first-order valence-corrected chi connectivity index (χ1v) is 13.2. The van der Waals surface area contributed by atoms with Crippen LogP contribution in [0.25, 0.3) is 0 Å².